The van der Waals surface area contributed by atoms with Gasteiger partial charge in [-0.3, -0.25) is 4.79 Å². The van der Waals surface area contributed by atoms with Gasteiger partial charge in [-0.15, -0.1) is 11.3 Å². The summed E-state index contributed by atoms with van der Waals surface area (Å²) < 4.78 is 16.4. The van der Waals surface area contributed by atoms with Crippen LogP contribution in [-0.4, -0.2) is 36.7 Å². The Kier molecular flexibility index (Phi) is 6.05. The molecule has 1 amide bonds. The fraction of sp³-hybridized carbons (Fsp3) is 0.417. The Morgan fingerprint density at radius 2 is 1.94 bits per heavy atom. The molecule has 0 saturated carbocycles. The smallest absolute Gasteiger partial charge is 0.264 e. The number of carbonyl (C=O) groups excluding carboxylic acids is 1. The largest absolute Gasteiger partial charge is 0.493 e. The number of hydrogen-bond acceptors (Lipinski definition) is 6. The number of benzene rings is 1. The molecule has 31 heavy (non-hydrogen) atoms. The van der Waals surface area contributed by atoms with Gasteiger partial charge in [-0.25, -0.2) is 0 Å². The lowest BCUT2D eigenvalue weighted by atomic mass is 9.88. The molecular formula is C24H28N2O4S. The molecule has 0 N–H and O–H groups in total. The van der Waals surface area contributed by atoms with E-state index in [-0.39, 0.29) is 11.9 Å². The molecule has 0 spiro atoms. The van der Waals surface area contributed by atoms with Crippen molar-refractivity contribution in [2.75, 3.05) is 20.8 Å². The Labute approximate surface area is 186 Å². The highest BCUT2D eigenvalue weighted by molar-refractivity contribution is 7.13. The van der Waals surface area contributed by atoms with Crippen molar-refractivity contribution in [3.63, 3.8) is 0 Å². The van der Waals surface area contributed by atoms with Crippen LogP contribution in [0.15, 0.2) is 28.8 Å². The second-order valence-corrected chi connectivity index (χ2v) is 9.21. The lowest BCUT2D eigenvalue weighted by molar-refractivity contribution is 0.0655. The van der Waals surface area contributed by atoms with Gasteiger partial charge in [0.05, 0.1) is 30.8 Å². The fourth-order valence-corrected chi connectivity index (χ4v) is 5.24. The van der Waals surface area contributed by atoms with Crippen LogP contribution >= 0.6 is 11.3 Å². The summed E-state index contributed by atoms with van der Waals surface area (Å²) >= 11 is 1.55. The number of ether oxygens (including phenoxy) is 2. The van der Waals surface area contributed by atoms with E-state index in [1.165, 1.54) is 5.56 Å². The van der Waals surface area contributed by atoms with Crippen molar-refractivity contribution < 1.29 is 18.8 Å². The second-order valence-electron chi connectivity index (χ2n) is 7.92. The van der Waals surface area contributed by atoms with Gasteiger partial charge in [0.25, 0.3) is 5.91 Å². The highest BCUT2D eigenvalue weighted by atomic mass is 32.1. The molecule has 7 heteroatoms. The minimum absolute atomic E-state index is 0.0628. The molecule has 3 heterocycles. The summed E-state index contributed by atoms with van der Waals surface area (Å²) in [4.78, 5) is 17.4. The first-order valence-corrected chi connectivity index (χ1v) is 11.3. The van der Waals surface area contributed by atoms with E-state index in [0.29, 0.717) is 12.3 Å². The van der Waals surface area contributed by atoms with Crippen molar-refractivity contribution in [1.82, 2.24) is 10.1 Å². The summed E-state index contributed by atoms with van der Waals surface area (Å²) in [6, 6.07) is 7.95. The van der Waals surface area contributed by atoms with E-state index in [9.17, 15) is 4.79 Å². The second kappa shape index (κ2) is 8.75. The first kappa shape index (κ1) is 21.4. The van der Waals surface area contributed by atoms with Gasteiger partial charge in [0.15, 0.2) is 11.5 Å². The summed E-state index contributed by atoms with van der Waals surface area (Å²) in [5, 5.41) is 4.09. The highest BCUT2D eigenvalue weighted by Crippen LogP contribution is 2.41. The summed E-state index contributed by atoms with van der Waals surface area (Å²) in [7, 11) is 3.29. The van der Waals surface area contributed by atoms with Crippen molar-refractivity contribution in [3.05, 3.63) is 62.2 Å². The number of thiophene rings is 1. The van der Waals surface area contributed by atoms with Crippen molar-refractivity contribution in [3.8, 4) is 11.5 Å². The molecule has 0 bridgehead atoms. The first-order valence-electron chi connectivity index (χ1n) is 10.5. The van der Waals surface area contributed by atoms with E-state index in [2.05, 4.69) is 5.16 Å². The van der Waals surface area contributed by atoms with E-state index in [0.717, 1.165) is 57.3 Å². The van der Waals surface area contributed by atoms with Crippen LogP contribution in [0.25, 0.3) is 0 Å². The van der Waals surface area contributed by atoms with Crippen LogP contribution < -0.4 is 9.47 Å². The first-order chi connectivity index (χ1) is 14.9. The summed E-state index contributed by atoms with van der Waals surface area (Å²) in [6.45, 7) is 6.60. The molecule has 1 unspecified atom stereocenters. The minimum Gasteiger partial charge on any atom is -0.493 e. The number of hydrogen-bond donors (Lipinski definition) is 0. The van der Waals surface area contributed by atoms with Gasteiger partial charge < -0.3 is 18.9 Å². The maximum atomic E-state index is 13.5. The predicted octanol–water partition coefficient (Wildman–Crippen LogP) is 5.05. The SMILES string of the molecule is COc1cc2c(cc1OC)C(CCc1c(C)noc1C)N(C(=O)c1ccc(C)s1)CC2. The van der Waals surface area contributed by atoms with Crippen LogP contribution in [0.2, 0.25) is 0 Å². The molecule has 0 fully saturated rings. The monoisotopic (exact) mass is 440 g/mol. The number of methoxy groups -OCH3 is 2. The van der Waals surface area contributed by atoms with Gasteiger partial charge in [0, 0.05) is 17.0 Å². The average Bonchev–Trinajstić information content (AvgIpc) is 3.35. The number of aromatic nitrogens is 1. The summed E-state index contributed by atoms with van der Waals surface area (Å²) in [5.74, 6) is 2.33. The molecule has 3 aromatic rings. The molecule has 164 valence electrons. The van der Waals surface area contributed by atoms with Gasteiger partial charge in [0.2, 0.25) is 0 Å². The van der Waals surface area contributed by atoms with Crippen LogP contribution in [0.3, 0.4) is 0 Å². The Morgan fingerprint density at radius 3 is 2.55 bits per heavy atom. The van der Waals surface area contributed by atoms with Crippen LogP contribution in [0.4, 0.5) is 0 Å². The van der Waals surface area contributed by atoms with Gasteiger partial charge in [-0.2, -0.15) is 0 Å². The van der Waals surface area contributed by atoms with Crippen molar-refractivity contribution in [2.24, 2.45) is 0 Å². The third kappa shape index (κ3) is 4.06. The summed E-state index contributed by atoms with van der Waals surface area (Å²) in [6.07, 6.45) is 2.35. The van der Waals surface area contributed by atoms with Gasteiger partial charge in [0.1, 0.15) is 5.76 Å². The molecule has 4 rings (SSSR count). The third-order valence-corrected chi connectivity index (χ3v) is 7.05. The van der Waals surface area contributed by atoms with Gasteiger partial charge in [-0.05, 0) is 75.4 Å². The molecule has 1 aromatic carbocycles. The van der Waals surface area contributed by atoms with Crippen molar-refractivity contribution >= 4 is 17.2 Å². The number of nitrogens with zero attached hydrogens (tertiary/aromatic N) is 2. The molecular weight excluding hydrogens is 412 g/mol. The maximum absolute atomic E-state index is 13.5. The number of carbonyl (C=O) groups is 1. The van der Waals surface area contributed by atoms with E-state index >= 15 is 0 Å². The number of aryl methyl sites for hydroxylation is 3. The minimum atomic E-state index is -0.0628. The summed E-state index contributed by atoms with van der Waals surface area (Å²) in [5.41, 5.74) is 4.35. The third-order valence-electron chi connectivity index (χ3n) is 6.06. The maximum Gasteiger partial charge on any atom is 0.264 e. The molecule has 0 radical (unpaired) electrons. The molecule has 1 aliphatic heterocycles. The van der Waals surface area contributed by atoms with Gasteiger partial charge >= 0.3 is 0 Å². The average molecular weight is 441 g/mol. The Balaban J connectivity index is 1.72. The quantitative estimate of drug-likeness (QED) is 0.537. The molecule has 1 atom stereocenters. The predicted molar refractivity (Wildman–Crippen MR) is 120 cm³/mol. The number of rotatable bonds is 6. The van der Waals surface area contributed by atoms with Crippen LogP contribution in [0.1, 0.15) is 55.2 Å². The molecule has 2 aromatic heterocycles. The van der Waals surface area contributed by atoms with Crippen molar-refractivity contribution in [2.45, 2.75) is 46.1 Å². The lowest BCUT2D eigenvalue weighted by Gasteiger charge is -2.38. The Morgan fingerprint density at radius 1 is 1.19 bits per heavy atom. The molecule has 1 aliphatic rings. The number of amides is 1. The normalized spacial score (nSPS) is 15.6. The topological polar surface area (TPSA) is 64.8 Å². The zero-order chi connectivity index (χ0) is 22.1. The zero-order valence-electron chi connectivity index (χ0n) is 18.7. The van der Waals surface area contributed by atoms with Gasteiger partial charge in [-0.1, -0.05) is 5.16 Å². The van der Waals surface area contributed by atoms with Crippen LogP contribution in [0.5, 0.6) is 11.5 Å². The van der Waals surface area contributed by atoms with E-state index in [1.54, 1.807) is 25.6 Å². The highest BCUT2D eigenvalue weighted by Gasteiger charge is 2.33. The lowest BCUT2D eigenvalue weighted by Crippen LogP contribution is -2.40. The van der Waals surface area contributed by atoms with Crippen molar-refractivity contribution in [1.29, 1.82) is 0 Å². The van der Waals surface area contributed by atoms with Crippen LogP contribution in [-0.2, 0) is 12.8 Å². The Hall–Kier alpha value is -2.80. The number of fused-ring (bicyclic) bond motifs is 1. The van der Waals surface area contributed by atoms with E-state index in [1.807, 2.05) is 49.9 Å². The van der Waals surface area contributed by atoms with E-state index in [4.69, 9.17) is 14.0 Å². The fourth-order valence-electron chi connectivity index (χ4n) is 4.41. The Bertz CT molecular complexity index is 1080. The van der Waals surface area contributed by atoms with Crippen LogP contribution in [0, 0.1) is 20.8 Å². The standard InChI is InChI=1S/C24H28N2O4S/c1-14-6-9-23(31-14)24(27)26-11-10-17-12-21(28-4)22(29-5)13-19(17)20(26)8-7-18-15(2)25-30-16(18)3/h6,9,12-13,20H,7-8,10-11H2,1-5H3. The molecule has 6 nitrogen and oxygen atoms in total. The van der Waals surface area contributed by atoms with E-state index < -0.39 is 0 Å². The molecule has 0 saturated heterocycles. The molecule has 0 aliphatic carbocycles. The zero-order valence-corrected chi connectivity index (χ0v) is 19.5.